The fourth-order valence-electron chi connectivity index (χ4n) is 4.03. The van der Waals surface area contributed by atoms with Gasteiger partial charge in [0.1, 0.15) is 23.3 Å². The minimum atomic E-state index is -1.86. The second-order valence-corrected chi connectivity index (χ2v) is 7.09. The topological polar surface area (TPSA) is 117 Å². The summed E-state index contributed by atoms with van der Waals surface area (Å²) in [6.45, 7) is 1.56. The van der Waals surface area contributed by atoms with Gasteiger partial charge in [-0.05, 0) is 18.6 Å². The average molecular weight is 420 g/mol. The van der Waals surface area contributed by atoms with Gasteiger partial charge in [-0.25, -0.2) is 9.59 Å². The number of nitrogens with one attached hydrogen (secondary N) is 1. The Morgan fingerprint density at radius 1 is 1.03 bits per heavy atom. The molecule has 0 aliphatic carbocycles. The van der Waals surface area contributed by atoms with Crippen LogP contribution >= 0.6 is 0 Å². The van der Waals surface area contributed by atoms with Gasteiger partial charge >= 0.3 is 11.9 Å². The number of amides is 1. The van der Waals surface area contributed by atoms with E-state index >= 15 is 0 Å². The Morgan fingerprint density at radius 2 is 1.71 bits per heavy atom. The van der Waals surface area contributed by atoms with Crippen LogP contribution in [0.15, 0.2) is 77.3 Å². The molecule has 0 radical (unpaired) electrons. The Hall–Kier alpha value is -4.07. The standard InChI is InChI=1S/C23H20N2O6/c1-13-17(21(27)30-12-14-8-4-3-5-9-14)23(22(28)25-13)15-10-6-7-11-16(15)31-19(24)18(23)20(26)29-2/h3-11H,12,24H2,1-2H3,(H,25,28)/t23-/m0/s1. The van der Waals surface area contributed by atoms with E-state index in [1.54, 1.807) is 31.2 Å². The van der Waals surface area contributed by atoms with Gasteiger partial charge in [-0.3, -0.25) is 4.79 Å². The Kier molecular flexibility index (Phi) is 4.98. The van der Waals surface area contributed by atoms with E-state index in [-0.39, 0.29) is 35.1 Å². The number of esters is 2. The number of para-hydroxylation sites is 1. The van der Waals surface area contributed by atoms with Crippen molar-refractivity contribution < 1.29 is 28.6 Å². The van der Waals surface area contributed by atoms with Crippen molar-refractivity contribution in [3.8, 4) is 5.75 Å². The molecule has 4 rings (SSSR count). The third kappa shape index (κ3) is 3.04. The van der Waals surface area contributed by atoms with Crippen LogP contribution in [0.2, 0.25) is 0 Å². The van der Waals surface area contributed by atoms with Crippen LogP contribution in [0, 0.1) is 0 Å². The number of methoxy groups -OCH3 is 1. The van der Waals surface area contributed by atoms with Crippen molar-refractivity contribution in [2.24, 2.45) is 5.73 Å². The van der Waals surface area contributed by atoms with Crippen LogP contribution in [0.5, 0.6) is 5.75 Å². The molecule has 3 N–H and O–H groups in total. The van der Waals surface area contributed by atoms with Crippen molar-refractivity contribution in [2.45, 2.75) is 18.9 Å². The predicted octanol–water partition coefficient (Wildman–Crippen LogP) is 1.81. The number of hydrogen-bond acceptors (Lipinski definition) is 7. The van der Waals surface area contributed by atoms with E-state index in [9.17, 15) is 14.4 Å². The zero-order valence-electron chi connectivity index (χ0n) is 16.9. The lowest BCUT2D eigenvalue weighted by molar-refractivity contribution is -0.142. The summed E-state index contributed by atoms with van der Waals surface area (Å²) in [7, 11) is 1.16. The summed E-state index contributed by atoms with van der Waals surface area (Å²) in [5.41, 5.74) is 5.23. The van der Waals surface area contributed by atoms with Gasteiger partial charge in [-0.1, -0.05) is 48.5 Å². The first kappa shape index (κ1) is 20.2. The molecule has 1 atom stereocenters. The number of ether oxygens (including phenoxy) is 3. The zero-order chi connectivity index (χ0) is 22.2. The van der Waals surface area contributed by atoms with Crippen molar-refractivity contribution >= 4 is 17.8 Å². The Morgan fingerprint density at radius 3 is 2.42 bits per heavy atom. The minimum Gasteiger partial charge on any atom is -0.465 e. The molecular formula is C23H20N2O6. The first-order valence-corrected chi connectivity index (χ1v) is 9.51. The van der Waals surface area contributed by atoms with Crippen LogP contribution in [-0.4, -0.2) is 25.0 Å². The first-order valence-electron chi connectivity index (χ1n) is 9.51. The molecule has 2 aliphatic heterocycles. The van der Waals surface area contributed by atoms with Crippen molar-refractivity contribution in [1.82, 2.24) is 5.32 Å². The van der Waals surface area contributed by atoms with Crippen molar-refractivity contribution in [3.05, 3.63) is 88.5 Å². The maximum atomic E-state index is 13.4. The van der Waals surface area contributed by atoms with Gasteiger partial charge in [-0.2, -0.15) is 0 Å². The Labute approximate surface area is 178 Å². The highest BCUT2D eigenvalue weighted by atomic mass is 16.5. The van der Waals surface area contributed by atoms with Crippen LogP contribution in [0.3, 0.4) is 0 Å². The number of rotatable bonds is 4. The highest BCUT2D eigenvalue weighted by Gasteiger charge is 2.61. The number of fused-ring (bicyclic) bond motifs is 2. The normalized spacial score (nSPS) is 19.6. The largest absolute Gasteiger partial charge is 0.465 e. The number of allylic oxidation sites excluding steroid dienone is 1. The lowest BCUT2D eigenvalue weighted by Crippen LogP contribution is -2.48. The van der Waals surface area contributed by atoms with Gasteiger partial charge in [0, 0.05) is 11.3 Å². The van der Waals surface area contributed by atoms with Gasteiger partial charge in [0.2, 0.25) is 11.8 Å². The van der Waals surface area contributed by atoms with E-state index in [4.69, 9.17) is 19.9 Å². The highest BCUT2D eigenvalue weighted by Crippen LogP contribution is 2.51. The molecule has 1 amide bonds. The molecule has 0 saturated carbocycles. The van der Waals surface area contributed by atoms with E-state index in [1.165, 1.54) is 0 Å². The second kappa shape index (κ2) is 7.64. The van der Waals surface area contributed by atoms with E-state index in [1.807, 2.05) is 30.3 Å². The average Bonchev–Trinajstić information content (AvgIpc) is 3.02. The van der Waals surface area contributed by atoms with E-state index in [2.05, 4.69) is 5.32 Å². The third-order valence-electron chi connectivity index (χ3n) is 5.33. The fourth-order valence-corrected chi connectivity index (χ4v) is 4.03. The summed E-state index contributed by atoms with van der Waals surface area (Å²) in [6, 6.07) is 15.7. The lowest BCUT2D eigenvalue weighted by Gasteiger charge is -2.35. The monoisotopic (exact) mass is 420 g/mol. The van der Waals surface area contributed by atoms with Crippen molar-refractivity contribution in [1.29, 1.82) is 0 Å². The lowest BCUT2D eigenvalue weighted by atomic mass is 9.67. The molecule has 8 heteroatoms. The molecule has 158 valence electrons. The number of nitrogens with two attached hydrogens (primary N) is 1. The van der Waals surface area contributed by atoms with Crippen molar-refractivity contribution in [2.75, 3.05) is 7.11 Å². The quantitative estimate of drug-likeness (QED) is 0.725. The highest BCUT2D eigenvalue weighted by molar-refractivity contribution is 6.17. The molecule has 2 aromatic rings. The maximum Gasteiger partial charge on any atom is 0.340 e. The molecule has 0 saturated heterocycles. The first-order chi connectivity index (χ1) is 14.9. The van der Waals surface area contributed by atoms with E-state index in [0.29, 0.717) is 5.56 Å². The number of carbonyl (C=O) groups is 3. The molecular weight excluding hydrogens is 400 g/mol. The number of carbonyl (C=O) groups excluding carboxylic acids is 3. The summed E-state index contributed by atoms with van der Waals surface area (Å²) in [4.78, 5) is 39.4. The van der Waals surface area contributed by atoms with Crippen LogP contribution < -0.4 is 15.8 Å². The van der Waals surface area contributed by atoms with E-state index in [0.717, 1.165) is 12.7 Å². The Bertz CT molecular complexity index is 1150. The van der Waals surface area contributed by atoms with E-state index < -0.39 is 23.3 Å². The molecule has 1 spiro atoms. The molecule has 0 bridgehead atoms. The summed E-state index contributed by atoms with van der Waals surface area (Å²) < 4.78 is 16.0. The molecule has 8 nitrogen and oxygen atoms in total. The summed E-state index contributed by atoms with van der Waals surface area (Å²) in [5.74, 6) is -2.32. The second-order valence-electron chi connectivity index (χ2n) is 7.09. The molecule has 0 fully saturated rings. The van der Waals surface area contributed by atoms with Crippen LogP contribution in [0.1, 0.15) is 18.1 Å². The maximum absolute atomic E-state index is 13.4. The third-order valence-corrected chi connectivity index (χ3v) is 5.33. The van der Waals surface area contributed by atoms with Gasteiger partial charge < -0.3 is 25.3 Å². The van der Waals surface area contributed by atoms with Crippen LogP contribution in [0.4, 0.5) is 0 Å². The fraction of sp³-hybridized carbons (Fsp3) is 0.174. The summed E-state index contributed by atoms with van der Waals surface area (Å²) in [5, 5.41) is 2.66. The summed E-state index contributed by atoms with van der Waals surface area (Å²) >= 11 is 0. The van der Waals surface area contributed by atoms with Crippen molar-refractivity contribution in [3.63, 3.8) is 0 Å². The smallest absolute Gasteiger partial charge is 0.340 e. The number of hydrogen-bond donors (Lipinski definition) is 2. The molecule has 0 aromatic heterocycles. The zero-order valence-corrected chi connectivity index (χ0v) is 16.9. The number of benzene rings is 2. The Balaban J connectivity index is 1.87. The molecule has 2 aromatic carbocycles. The van der Waals surface area contributed by atoms with Gasteiger partial charge in [-0.15, -0.1) is 0 Å². The molecule has 2 heterocycles. The van der Waals surface area contributed by atoms with Gasteiger partial charge in [0.05, 0.1) is 12.7 Å². The molecule has 31 heavy (non-hydrogen) atoms. The van der Waals surface area contributed by atoms with Gasteiger partial charge in [0.15, 0.2) is 0 Å². The van der Waals surface area contributed by atoms with Gasteiger partial charge in [0.25, 0.3) is 0 Å². The van der Waals surface area contributed by atoms with Crippen LogP contribution in [0.25, 0.3) is 0 Å². The van der Waals surface area contributed by atoms with Crippen LogP contribution in [-0.2, 0) is 35.9 Å². The SMILES string of the molecule is COC(=O)C1=C(N)Oc2ccccc2[C@@]12C(=O)NC(C)=C2C(=O)OCc1ccccc1. The molecule has 2 aliphatic rings. The predicted molar refractivity (Wildman–Crippen MR) is 109 cm³/mol. The minimum absolute atomic E-state index is 0.00831. The molecule has 0 unspecified atom stereocenters. The summed E-state index contributed by atoms with van der Waals surface area (Å²) in [6.07, 6.45) is 0.